The molecule has 3 nitrogen and oxygen atoms in total. The summed E-state index contributed by atoms with van der Waals surface area (Å²) in [7, 11) is 0. The summed E-state index contributed by atoms with van der Waals surface area (Å²) >= 11 is 0. The van der Waals surface area contributed by atoms with E-state index in [1.165, 1.54) is 34.2 Å². The number of rotatable bonds is 4. The lowest BCUT2D eigenvalue weighted by Gasteiger charge is -2.33. The molecule has 0 radical (unpaired) electrons. The van der Waals surface area contributed by atoms with E-state index in [4.69, 9.17) is 4.74 Å². The zero-order chi connectivity index (χ0) is 19.1. The number of carbonyl (C=O) groups excluding carboxylic acids is 1. The number of nitrogens with zero attached hydrogens (tertiary/aromatic N) is 1. The standard InChI is InChI=1S/C25H27NO2/c1-2-7-17-14-18-12-13-19(15-17)26(18)25(27)28-16-24-22-10-5-3-8-20(22)21-9-4-6-11-23(21)24/h3-6,8-11,14,18-19,24H,2,7,12-13,15-16H2,1H3. The molecule has 1 aliphatic carbocycles. The fourth-order valence-corrected chi connectivity index (χ4v) is 5.38. The van der Waals surface area contributed by atoms with Crippen LogP contribution in [0.15, 0.2) is 60.2 Å². The third-order valence-corrected chi connectivity index (χ3v) is 6.59. The van der Waals surface area contributed by atoms with E-state index in [9.17, 15) is 4.79 Å². The maximum Gasteiger partial charge on any atom is 0.410 e. The Balaban J connectivity index is 1.33. The third-order valence-electron chi connectivity index (χ3n) is 6.59. The van der Waals surface area contributed by atoms with Crippen molar-refractivity contribution in [2.24, 2.45) is 0 Å². The molecule has 2 aromatic rings. The van der Waals surface area contributed by atoms with Gasteiger partial charge in [0.2, 0.25) is 0 Å². The molecular formula is C25H27NO2. The molecule has 3 aliphatic rings. The van der Waals surface area contributed by atoms with Crippen LogP contribution in [0.3, 0.4) is 0 Å². The van der Waals surface area contributed by atoms with Gasteiger partial charge in [-0.25, -0.2) is 4.79 Å². The monoisotopic (exact) mass is 373 g/mol. The van der Waals surface area contributed by atoms with Gasteiger partial charge in [-0.3, -0.25) is 4.90 Å². The third kappa shape index (κ3) is 2.85. The minimum atomic E-state index is -0.138. The van der Waals surface area contributed by atoms with Crippen LogP contribution in [-0.2, 0) is 4.74 Å². The van der Waals surface area contributed by atoms with E-state index in [1.54, 1.807) is 0 Å². The summed E-state index contributed by atoms with van der Waals surface area (Å²) in [4.78, 5) is 15.0. The SMILES string of the molecule is CCCC1=CC2CCC(C1)N2C(=O)OCC1c2ccccc2-c2ccccc21. The summed E-state index contributed by atoms with van der Waals surface area (Å²) in [6, 6.07) is 17.5. The number of amides is 1. The maximum absolute atomic E-state index is 13.0. The van der Waals surface area contributed by atoms with E-state index < -0.39 is 0 Å². The van der Waals surface area contributed by atoms with E-state index in [1.807, 2.05) is 4.90 Å². The summed E-state index contributed by atoms with van der Waals surface area (Å²) in [6.45, 7) is 2.63. The number of hydrogen-bond donors (Lipinski definition) is 0. The van der Waals surface area contributed by atoms with Gasteiger partial charge >= 0.3 is 6.09 Å². The van der Waals surface area contributed by atoms with Crippen molar-refractivity contribution in [2.45, 2.75) is 57.0 Å². The Morgan fingerprint density at radius 3 is 2.36 bits per heavy atom. The van der Waals surface area contributed by atoms with Crippen LogP contribution in [0.4, 0.5) is 4.79 Å². The van der Waals surface area contributed by atoms with Gasteiger partial charge in [-0.1, -0.05) is 73.5 Å². The van der Waals surface area contributed by atoms with Crippen LogP contribution >= 0.6 is 0 Å². The lowest BCUT2D eigenvalue weighted by molar-refractivity contribution is 0.0848. The Hall–Kier alpha value is -2.55. The van der Waals surface area contributed by atoms with Crippen molar-refractivity contribution in [3.63, 3.8) is 0 Å². The maximum atomic E-state index is 13.0. The van der Waals surface area contributed by atoms with Gasteiger partial charge in [-0.05, 0) is 47.9 Å². The minimum Gasteiger partial charge on any atom is -0.448 e. The second-order valence-electron chi connectivity index (χ2n) is 8.29. The first-order valence-corrected chi connectivity index (χ1v) is 10.6. The molecule has 2 atom stereocenters. The van der Waals surface area contributed by atoms with Crippen molar-refractivity contribution < 1.29 is 9.53 Å². The van der Waals surface area contributed by atoms with E-state index in [0.29, 0.717) is 12.6 Å². The summed E-state index contributed by atoms with van der Waals surface area (Å²) in [6.07, 6.45) is 7.71. The highest BCUT2D eigenvalue weighted by molar-refractivity contribution is 5.79. The molecule has 2 aliphatic heterocycles. The van der Waals surface area contributed by atoms with Crippen LogP contribution in [-0.4, -0.2) is 29.7 Å². The van der Waals surface area contributed by atoms with Gasteiger partial charge in [-0.2, -0.15) is 0 Å². The summed E-state index contributed by atoms with van der Waals surface area (Å²) in [5, 5.41) is 0. The summed E-state index contributed by atoms with van der Waals surface area (Å²) in [5.74, 6) is 0.130. The van der Waals surface area contributed by atoms with Gasteiger partial charge in [-0.15, -0.1) is 0 Å². The highest BCUT2D eigenvalue weighted by Gasteiger charge is 2.40. The molecule has 2 heterocycles. The molecule has 2 unspecified atom stereocenters. The highest BCUT2D eigenvalue weighted by atomic mass is 16.6. The topological polar surface area (TPSA) is 29.5 Å². The Morgan fingerprint density at radius 2 is 1.71 bits per heavy atom. The molecule has 3 heteroatoms. The number of ether oxygens (including phenoxy) is 1. The average Bonchev–Trinajstić information content (AvgIpc) is 3.18. The van der Waals surface area contributed by atoms with Crippen molar-refractivity contribution in [2.75, 3.05) is 6.61 Å². The van der Waals surface area contributed by atoms with Crippen molar-refractivity contribution in [3.8, 4) is 11.1 Å². The normalized spacial score (nSPS) is 22.6. The number of benzene rings is 2. The van der Waals surface area contributed by atoms with Crippen LogP contribution in [0.25, 0.3) is 11.1 Å². The van der Waals surface area contributed by atoms with Crippen LogP contribution in [0.2, 0.25) is 0 Å². The van der Waals surface area contributed by atoms with E-state index in [-0.39, 0.29) is 18.1 Å². The first-order chi connectivity index (χ1) is 13.8. The first-order valence-electron chi connectivity index (χ1n) is 10.6. The Bertz CT molecular complexity index is 886. The van der Waals surface area contributed by atoms with Crippen LogP contribution in [0.1, 0.15) is 56.1 Å². The lowest BCUT2D eigenvalue weighted by Crippen LogP contribution is -2.43. The minimum absolute atomic E-state index is 0.130. The van der Waals surface area contributed by atoms with Gasteiger partial charge in [0.25, 0.3) is 0 Å². The second-order valence-corrected chi connectivity index (χ2v) is 8.29. The van der Waals surface area contributed by atoms with Crippen LogP contribution in [0, 0.1) is 0 Å². The Labute approximate surface area is 167 Å². The van der Waals surface area contributed by atoms with Crippen molar-refractivity contribution >= 4 is 6.09 Å². The zero-order valence-electron chi connectivity index (χ0n) is 16.4. The molecule has 1 fully saturated rings. The Kier molecular flexibility index (Phi) is 4.46. The smallest absolute Gasteiger partial charge is 0.410 e. The summed E-state index contributed by atoms with van der Waals surface area (Å²) in [5.41, 5.74) is 6.60. The molecule has 28 heavy (non-hydrogen) atoms. The van der Waals surface area contributed by atoms with Crippen molar-refractivity contribution in [1.82, 2.24) is 4.90 Å². The fraction of sp³-hybridized carbons (Fsp3) is 0.400. The molecule has 144 valence electrons. The lowest BCUT2D eigenvalue weighted by atomic mass is 9.97. The molecule has 0 aromatic heterocycles. The molecule has 5 rings (SSSR count). The molecular weight excluding hydrogens is 346 g/mol. The molecule has 1 amide bonds. The number of fused-ring (bicyclic) bond motifs is 5. The average molecular weight is 373 g/mol. The molecule has 2 bridgehead atoms. The zero-order valence-corrected chi connectivity index (χ0v) is 16.4. The second kappa shape index (κ2) is 7.12. The predicted octanol–water partition coefficient (Wildman–Crippen LogP) is 5.90. The fourth-order valence-electron chi connectivity index (χ4n) is 5.38. The van der Waals surface area contributed by atoms with Crippen LogP contribution in [0.5, 0.6) is 0 Å². The first kappa shape index (κ1) is 17.5. The highest BCUT2D eigenvalue weighted by Crippen LogP contribution is 2.45. The van der Waals surface area contributed by atoms with E-state index in [0.717, 1.165) is 25.7 Å². The largest absolute Gasteiger partial charge is 0.448 e. The Morgan fingerprint density at radius 1 is 1.04 bits per heavy atom. The number of hydrogen-bond acceptors (Lipinski definition) is 2. The van der Waals surface area contributed by atoms with Crippen molar-refractivity contribution in [1.29, 1.82) is 0 Å². The molecule has 2 aromatic carbocycles. The van der Waals surface area contributed by atoms with Gasteiger partial charge in [0.05, 0.1) is 6.04 Å². The van der Waals surface area contributed by atoms with Crippen molar-refractivity contribution in [3.05, 3.63) is 71.3 Å². The molecule has 0 saturated carbocycles. The van der Waals surface area contributed by atoms with Gasteiger partial charge in [0.15, 0.2) is 0 Å². The molecule has 0 N–H and O–H groups in total. The number of carbonyl (C=O) groups is 1. The van der Waals surface area contributed by atoms with Crippen LogP contribution < -0.4 is 0 Å². The van der Waals surface area contributed by atoms with Gasteiger partial charge in [0, 0.05) is 12.0 Å². The van der Waals surface area contributed by atoms with Gasteiger partial charge < -0.3 is 4.74 Å². The van der Waals surface area contributed by atoms with E-state index in [2.05, 4.69) is 61.5 Å². The molecule has 1 saturated heterocycles. The molecule has 0 spiro atoms. The summed E-state index contributed by atoms with van der Waals surface area (Å²) < 4.78 is 5.91. The van der Waals surface area contributed by atoms with E-state index >= 15 is 0 Å². The predicted molar refractivity (Wildman–Crippen MR) is 111 cm³/mol. The quantitative estimate of drug-likeness (QED) is 0.625. The van der Waals surface area contributed by atoms with Gasteiger partial charge in [0.1, 0.15) is 6.61 Å².